The van der Waals surface area contributed by atoms with Crippen LogP contribution in [0.2, 0.25) is 0 Å². The maximum absolute atomic E-state index is 13.8. The highest BCUT2D eigenvalue weighted by molar-refractivity contribution is 5.93. The monoisotopic (exact) mass is 996 g/mol. The molecule has 0 saturated carbocycles. The lowest BCUT2D eigenvalue weighted by molar-refractivity contribution is -0.145. The zero-order chi connectivity index (χ0) is 52.6. The summed E-state index contributed by atoms with van der Waals surface area (Å²) in [5, 5.41) is 54.2. The summed E-state index contributed by atoms with van der Waals surface area (Å²) in [6.45, 7) is 5.71. The molecule has 5 atom stereocenters. The van der Waals surface area contributed by atoms with Crippen LogP contribution in [-0.4, -0.2) is 182 Å². The molecule has 1 aliphatic rings. The molecule has 9 N–H and O–H groups in total. The number of Topliss-reactive ketones (excluding diaryl/α,β-unsaturated/α-hetero) is 2. The molecule has 1 fully saturated rings. The number of rotatable bonds is 29. The predicted molar refractivity (Wildman–Crippen MR) is 260 cm³/mol. The van der Waals surface area contributed by atoms with Gasteiger partial charge in [0.2, 0.25) is 17.7 Å². The number of nitrogens with one attached hydrogen (secondary N) is 2. The topological polar surface area (TPSA) is 318 Å². The van der Waals surface area contributed by atoms with Gasteiger partial charge < -0.3 is 41.9 Å². The van der Waals surface area contributed by atoms with E-state index in [0.29, 0.717) is 19.3 Å². The van der Waals surface area contributed by atoms with E-state index in [4.69, 9.17) is 5.73 Å². The van der Waals surface area contributed by atoms with Crippen LogP contribution in [0.1, 0.15) is 82.4 Å². The van der Waals surface area contributed by atoms with Crippen molar-refractivity contribution in [1.29, 1.82) is 0 Å². The third-order valence-corrected chi connectivity index (χ3v) is 12.9. The van der Waals surface area contributed by atoms with Gasteiger partial charge >= 0.3 is 23.9 Å². The van der Waals surface area contributed by atoms with E-state index >= 15 is 0 Å². The fourth-order valence-electron chi connectivity index (χ4n) is 8.40. The van der Waals surface area contributed by atoms with E-state index in [2.05, 4.69) is 10.6 Å². The molecular formula is C50H73N7O14. The Labute approximate surface area is 414 Å². The minimum absolute atomic E-state index is 0.0247. The highest BCUT2D eigenvalue weighted by atomic mass is 16.4. The van der Waals surface area contributed by atoms with Crippen LogP contribution in [-0.2, 0) is 62.5 Å². The number of amides is 3. The standard InChI is InChI=1S/C50H73N7O14/c1-4-33(2)47(53-48(68)34(3)27-36-10-14-39(58)15-11-36)42(60)28-38(12-18-43(51)61)49(69)52-29-37-7-5-35(6-8-37)9-13-40(59)16-17-41(50(70)71)57-25-23-55(31-45(64)65)21-19-54(30-44(62)63)20-22-56(24-26-57)32-46(66)67/h5-8,10-11,14-15,33-34,38,41,47,58H,4,9,12-13,16-32H2,1-3H3,(H2,51,61)(H,52,69)(H,53,68)(H,62,63)(H,64,65)(H,66,67)(H,70,71)/t33?,34-,38+,41?,47-/m0/s1. The van der Waals surface area contributed by atoms with Crippen molar-refractivity contribution in [3.63, 3.8) is 0 Å². The van der Waals surface area contributed by atoms with Crippen LogP contribution < -0.4 is 16.4 Å². The maximum Gasteiger partial charge on any atom is 0.320 e. The molecule has 0 radical (unpaired) electrons. The molecule has 0 aromatic heterocycles. The lowest BCUT2D eigenvalue weighted by Crippen LogP contribution is -2.51. The van der Waals surface area contributed by atoms with Crippen molar-refractivity contribution in [2.45, 2.75) is 97.2 Å². The average molecular weight is 996 g/mol. The van der Waals surface area contributed by atoms with Gasteiger partial charge in [0.15, 0.2) is 5.78 Å². The molecule has 2 unspecified atom stereocenters. The van der Waals surface area contributed by atoms with Gasteiger partial charge in [0.1, 0.15) is 17.6 Å². The molecule has 1 saturated heterocycles. The second-order valence-corrected chi connectivity index (χ2v) is 18.5. The van der Waals surface area contributed by atoms with Crippen molar-refractivity contribution < 1.29 is 68.7 Å². The zero-order valence-corrected chi connectivity index (χ0v) is 41.1. The molecule has 0 bridgehead atoms. The minimum Gasteiger partial charge on any atom is -0.508 e. The Kier molecular flexibility index (Phi) is 25.3. The summed E-state index contributed by atoms with van der Waals surface area (Å²) in [6, 6.07) is 11.7. The number of carbonyl (C=O) groups excluding carboxylic acids is 5. The van der Waals surface area contributed by atoms with E-state index in [1.807, 2.05) is 13.8 Å². The average Bonchev–Trinajstić information content (AvgIpc) is 3.31. The summed E-state index contributed by atoms with van der Waals surface area (Å²) in [7, 11) is 0. The highest BCUT2D eigenvalue weighted by Crippen LogP contribution is 2.21. The van der Waals surface area contributed by atoms with Gasteiger partial charge in [-0.25, -0.2) is 0 Å². The van der Waals surface area contributed by atoms with E-state index in [1.54, 1.807) is 62.9 Å². The third-order valence-electron chi connectivity index (χ3n) is 12.9. The number of primary amides is 1. The number of hydrogen-bond donors (Lipinski definition) is 8. The normalized spacial score (nSPS) is 16.7. The van der Waals surface area contributed by atoms with Crippen LogP contribution in [0.25, 0.3) is 0 Å². The van der Waals surface area contributed by atoms with Crippen molar-refractivity contribution in [2.24, 2.45) is 23.5 Å². The fraction of sp³-hybridized carbons (Fsp3) is 0.580. The first-order valence-corrected chi connectivity index (χ1v) is 24.2. The first-order valence-electron chi connectivity index (χ1n) is 24.2. The quantitative estimate of drug-likeness (QED) is 0.0572. The van der Waals surface area contributed by atoms with E-state index < -0.39 is 59.6 Å². The van der Waals surface area contributed by atoms with Crippen LogP contribution >= 0.6 is 0 Å². The molecule has 0 aliphatic carbocycles. The van der Waals surface area contributed by atoms with Crippen molar-refractivity contribution in [3.8, 4) is 5.75 Å². The van der Waals surface area contributed by atoms with Gasteiger partial charge in [-0.15, -0.1) is 0 Å². The lowest BCUT2D eigenvalue weighted by atomic mass is 9.87. The Hall–Kier alpha value is -6.29. The number of phenols is 1. The number of ketones is 2. The first kappa shape index (κ1) is 59.0. The van der Waals surface area contributed by atoms with E-state index in [-0.39, 0.29) is 146 Å². The Morgan fingerprint density at radius 3 is 1.61 bits per heavy atom. The van der Waals surface area contributed by atoms with Crippen LogP contribution in [0, 0.1) is 17.8 Å². The van der Waals surface area contributed by atoms with Crippen LogP contribution in [0.3, 0.4) is 0 Å². The number of benzene rings is 2. The maximum atomic E-state index is 13.8. The molecule has 392 valence electrons. The number of aromatic hydroxyl groups is 1. The molecule has 21 heteroatoms. The molecular weight excluding hydrogens is 923 g/mol. The predicted octanol–water partition coefficient (Wildman–Crippen LogP) is 1.47. The Balaban J connectivity index is 1.60. The summed E-state index contributed by atoms with van der Waals surface area (Å²) in [5.74, 6) is -7.97. The van der Waals surface area contributed by atoms with Gasteiger partial charge in [-0.1, -0.05) is 63.6 Å². The first-order chi connectivity index (χ1) is 33.6. The Morgan fingerprint density at radius 1 is 0.634 bits per heavy atom. The van der Waals surface area contributed by atoms with Crippen molar-refractivity contribution in [3.05, 3.63) is 65.2 Å². The Bertz CT molecular complexity index is 2070. The number of carboxylic acids is 4. The molecule has 71 heavy (non-hydrogen) atoms. The third kappa shape index (κ3) is 22.6. The SMILES string of the molecule is CCC(C)[C@H](NC(=O)[C@@H](C)Cc1ccc(O)cc1)C(=O)C[C@@H](CCC(N)=O)C(=O)NCc1ccc(CCC(=O)CCC(C(=O)O)N2CCN(CC(=O)O)CCN(CC(=O)O)CCN(CC(=O)O)CC2)cc1. The number of nitrogens with zero attached hydrogens (tertiary/aromatic N) is 4. The molecule has 0 spiro atoms. The van der Waals surface area contributed by atoms with E-state index in [9.17, 15) is 68.7 Å². The van der Waals surface area contributed by atoms with Gasteiger partial charge in [-0.3, -0.25) is 62.8 Å². The molecule has 1 aliphatic heterocycles. The molecule has 21 nitrogen and oxygen atoms in total. The summed E-state index contributed by atoms with van der Waals surface area (Å²) in [5.41, 5.74) is 7.79. The number of aryl methyl sites for hydroxylation is 1. The number of aliphatic carboxylic acids is 4. The largest absolute Gasteiger partial charge is 0.508 e. The summed E-state index contributed by atoms with van der Waals surface area (Å²) in [4.78, 5) is 120. The summed E-state index contributed by atoms with van der Waals surface area (Å²) < 4.78 is 0. The molecule has 2 aromatic rings. The fourth-order valence-corrected chi connectivity index (χ4v) is 8.40. The number of phenolic OH excluding ortho intramolecular Hbond substituents is 1. The number of carbonyl (C=O) groups is 9. The lowest BCUT2D eigenvalue weighted by Gasteiger charge is -2.35. The smallest absolute Gasteiger partial charge is 0.320 e. The van der Waals surface area contributed by atoms with Crippen molar-refractivity contribution in [2.75, 3.05) is 72.0 Å². The molecule has 3 amide bonds. The Morgan fingerprint density at radius 2 is 1.13 bits per heavy atom. The molecule has 1 heterocycles. The van der Waals surface area contributed by atoms with Crippen LogP contribution in [0.4, 0.5) is 0 Å². The van der Waals surface area contributed by atoms with Crippen LogP contribution in [0.5, 0.6) is 5.75 Å². The van der Waals surface area contributed by atoms with Gasteiger partial charge in [0, 0.05) is 96.4 Å². The van der Waals surface area contributed by atoms with Crippen molar-refractivity contribution >= 4 is 53.2 Å². The van der Waals surface area contributed by atoms with E-state index in [0.717, 1.165) is 16.7 Å². The number of hydrogen-bond acceptors (Lipinski definition) is 14. The van der Waals surface area contributed by atoms with E-state index in [1.165, 1.54) is 12.1 Å². The second-order valence-electron chi connectivity index (χ2n) is 18.5. The van der Waals surface area contributed by atoms with Crippen molar-refractivity contribution in [1.82, 2.24) is 30.2 Å². The van der Waals surface area contributed by atoms with Gasteiger partial charge in [0.25, 0.3) is 0 Å². The van der Waals surface area contributed by atoms with Gasteiger partial charge in [-0.2, -0.15) is 0 Å². The minimum atomic E-state index is -1.19. The highest BCUT2D eigenvalue weighted by Gasteiger charge is 2.32. The number of nitrogens with two attached hydrogens (primary N) is 1. The van der Waals surface area contributed by atoms with Gasteiger partial charge in [-0.05, 0) is 60.4 Å². The van der Waals surface area contributed by atoms with Gasteiger partial charge in [0.05, 0.1) is 25.7 Å². The molecule has 3 rings (SSSR count). The number of carboxylic acid groups (broad SMARTS) is 4. The molecule has 2 aromatic carbocycles. The second kappa shape index (κ2) is 30.4. The summed E-state index contributed by atoms with van der Waals surface area (Å²) >= 11 is 0. The van der Waals surface area contributed by atoms with Crippen LogP contribution in [0.15, 0.2) is 48.5 Å². The summed E-state index contributed by atoms with van der Waals surface area (Å²) in [6.07, 6.45) is 0.972. The zero-order valence-electron chi connectivity index (χ0n) is 41.1.